The van der Waals surface area contributed by atoms with Gasteiger partial charge in [0.1, 0.15) is 18.4 Å². The molecule has 0 fully saturated rings. The summed E-state index contributed by atoms with van der Waals surface area (Å²) in [6, 6.07) is 17.9. The number of carbonyl (C=O) groups is 2. The highest BCUT2D eigenvalue weighted by atomic mass is 32.2. The fraction of sp³-hybridized carbons (Fsp3) is 0.355. The number of benzene rings is 3. The maximum Gasteiger partial charge on any atom is 0.264 e. The largest absolute Gasteiger partial charge is 0.352 e. The second-order valence-corrected chi connectivity index (χ2v) is 11.8. The Labute approximate surface area is 237 Å². The van der Waals surface area contributed by atoms with Gasteiger partial charge in [0.25, 0.3) is 10.0 Å². The van der Waals surface area contributed by atoms with Crippen LogP contribution in [0.1, 0.15) is 50.3 Å². The van der Waals surface area contributed by atoms with E-state index in [-0.39, 0.29) is 23.4 Å². The molecule has 3 aromatic rings. The van der Waals surface area contributed by atoms with Gasteiger partial charge in [0, 0.05) is 12.6 Å². The second-order valence-electron chi connectivity index (χ2n) is 9.98. The lowest BCUT2D eigenvalue weighted by atomic mass is 10.1. The molecule has 0 unspecified atom stereocenters. The van der Waals surface area contributed by atoms with Crippen LogP contribution in [0.5, 0.6) is 0 Å². The van der Waals surface area contributed by atoms with Gasteiger partial charge in [-0.25, -0.2) is 12.8 Å². The fourth-order valence-corrected chi connectivity index (χ4v) is 5.70. The SMILES string of the molecule is CC[C@H](C)NC(=O)[C@H](CC)N(Cc1ccc(F)cc1)C(=O)CN(c1ccc(C)c(C)c1)S(=O)(=O)c1ccccc1. The third-order valence-electron chi connectivity index (χ3n) is 7.04. The number of aryl methyl sites for hydroxylation is 2. The lowest BCUT2D eigenvalue weighted by molar-refractivity contribution is -0.140. The Kier molecular flexibility index (Phi) is 10.5. The first-order valence-corrected chi connectivity index (χ1v) is 14.9. The number of carbonyl (C=O) groups excluding carboxylic acids is 2. The van der Waals surface area contributed by atoms with Crippen molar-refractivity contribution in [2.24, 2.45) is 0 Å². The van der Waals surface area contributed by atoms with Gasteiger partial charge in [-0.3, -0.25) is 13.9 Å². The zero-order valence-corrected chi connectivity index (χ0v) is 24.5. The summed E-state index contributed by atoms with van der Waals surface area (Å²) in [6.45, 7) is 8.92. The van der Waals surface area contributed by atoms with Crippen LogP contribution in [0, 0.1) is 19.7 Å². The molecule has 0 aliphatic carbocycles. The van der Waals surface area contributed by atoms with Crippen molar-refractivity contribution in [3.63, 3.8) is 0 Å². The van der Waals surface area contributed by atoms with Gasteiger partial charge in [-0.05, 0) is 86.7 Å². The third-order valence-corrected chi connectivity index (χ3v) is 8.83. The standard InChI is InChI=1S/C31H38FN3O4S/c1-6-24(5)33-31(37)29(7-2)34(20-25-14-16-26(32)17-15-25)30(36)21-35(27-18-13-22(3)23(4)19-27)40(38,39)28-11-9-8-10-12-28/h8-19,24,29H,6-7,20-21H2,1-5H3,(H,33,37)/t24-,29-/m0/s1. The van der Waals surface area contributed by atoms with E-state index in [2.05, 4.69) is 5.32 Å². The van der Waals surface area contributed by atoms with Crippen LogP contribution < -0.4 is 9.62 Å². The van der Waals surface area contributed by atoms with Gasteiger partial charge in [0.15, 0.2) is 0 Å². The smallest absolute Gasteiger partial charge is 0.264 e. The van der Waals surface area contributed by atoms with Gasteiger partial charge in [-0.1, -0.05) is 50.2 Å². The Morgan fingerprint density at radius 3 is 2.12 bits per heavy atom. The number of rotatable bonds is 12. The van der Waals surface area contributed by atoms with Crippen molar-refractivity contribution in [1.82, 2.24) is 10.2 Å². The number of hydrogen-bond donors (Lipinski definition) is 1. The zero-order valence-electron chi connectivity index (χ0n) is 23.7. The molecule has 214 valence electrons. The molecule has 0 radical (unpaired) electrons. The summed E-state index contributed by atoms with van der Waals surface area (Å²) in [5.74, 6) is -1.29. The summed E-state index contributed by atoms with van der Waals surface area (Å²) in [5.41, 5.74) is 2.82. The molecule has 40 heavy (non-hydrogen) atoms. The average Bonchev–Trinajstić information content (AvgIpc) is 2.94. The Bertz CT molecular complexity index is 1410. The van der Waals surface area contributed by atoms with Crippen LogP contribution in [-0.4, -0.2) is 43.8 Å². The molecule has 2 atom stereocenters. The summed E-state index contributed by atoms with van der Waals surface area (Å²) in [6.07, 6.45) is 1.02. The van der Waals surface area contributed by atoms with E-state index in [1.54, 1.807) is 49.4 Å². The predicted molar refractivity (Wildman–Crippen MR) is 156 cm³/mol. The maximum absolute atomic E-state index is 14.1. The predicted octanol–water partition coefficient (Wildman–Crippen LogP) is 5.36. The van der Waals surface area contributed by atoms with Crippen molar-refractivity contribution in [1.29, 1.82) is 0 Å². The van der Waals surface area contributed by atoms with Crippen molar-refractivity contribution < 1.29 is 22.4 Å². The van der Waals surface area contributed by atoms with E-state index >= 15 is 0 Å². The van der Waals surface area contributed by atoms with Gasteiger partial charge in [0.05, 0.1) is 10.6 Å². The maximum atomic E-state index is 14.1. The molecule has 0 saturated carbocycles. The molecule has 0 aromatic heterocycles. The lowest BCUT2D eigenvalue weighted by Gasteiger charge is -2.34. The summed E-state index contributed by atoms with van der Waals surface area (Å²) < 4.78 is 42.5. The molecule has 0 saturated heterocycles. The molecule has 3 rings (SSSR count). The number of anilines is 1. The Morgan fingerprint density at radius 2 is 1.55 bits per heavy atom. The number of nitrogens with zero attached hydrogens (tertiary/aromatic N) is 2. The van der Waals surface area contributed by atoms with Crippen LogP contribution in [0.4, 0.5) is 10.1 Å². The molecule has 0 bridgehead atoms. The summed E-state index contributed by atoms with van der Waals surface area (Å²) in [5, 5.41) is 2.94. The van der Waals surface area contributed by atoms with Crippen LogP contribution in [0.15, 0.2) is 77.7 Å². The van der Waals surface area contributed by atoms with Gasteiger partial charge >= 0.3 is 0 Å². The highest BCUT2D eigenvalue weighted by molar-refractivity contribution is 7.92. The summed E-state index contributed by atoms with van der Waals surface area (Å²) in [4.78, 5) is 28.8. The number of sulfonamides is 1. The first kappa shape index (κ1) is 30.8. The van der Waals surface area contributed by atoms with Gasteiger partial charge in [-0.2, -0.15) is 0 Å². The van der Waals surface area contributed by atoms with Crippen LogP contribution in [0.3, 0.4) is 0 Å². The van der Waals surface area contributed by atoms with Crippen molar-refractivity contribution in [3.05, 3.63) is 95.3 Å². The number of hydrogen-bond acceptors (Lipinski definition) is 4. The molecule has 7 nitrogen and oxygen atoms in total. The van der Waals surface area contributed by atoms with Gasteiger partial charge < -0.3 is 10.2 Å². The van der Waals surface area contributed by atoms with Gasteiger partial charge in [0.2, 0.25) is 11.8 Å². The van der Waals surface area contributed by atoms with E-state index in [0.717, 1.165) is 15.4 Å². The van der Waals surface area contributed by atoms with E-state index in [1.807, 2.05) is 33.8 Å². The minimum Gasteiger partial charge on any atom is -0.352 e. The summed E-state index contributed by atoms with van der Waals surface area (Å²) in [7, 11) is -4.13. The molecular formula is C31H38FN3O4S. The zero-order chi connectivity index (χ0) is 29.4. The highest BCUT2D eigenvalue weighted by Crippen LogP contribution is 2.26. The second kappa shape index (κ2) is 13.6. The van der Waals surface area contributed by atoms with E-state index in [4.69, 9.17) is 0 Å². The van der Waals surface area contributed by atoms with Crippen LogP contribution in [0.2, 0.25) is 0 Å². The van der Waals surface area contributed by atoms with Crippen molar-refractivity contribution in [3.8, 4) is 0 Å². The fourth-order valence-electron chi connectivity index (χ4n) is 4.28. The molecule has 9 heteroatoms. The topological polar surface area (TPSA) is 86.8 Å². The summed E-state index contributed by atoms with van der Waals surface area (Å²) >= 11 is 0. The van der Waals surface area contributed by atoms with Crippen molar-refractivity contribution >= 4 is 27.5 Å². The Hall–Kier alpha value is -3.72. The minimum atomic E-state index is -4.13. The molecular weight excluding hydrogens is 529 g/mol. The Morgan fingerprint density at radius 1 is 0.900 bits per heavy atom. The van der Waals surface area contributed by atoms with Crippen LogP contribution in [0.25, 0.3) is 0 Å². The molecule has 0 spiro atoms. The van der Waals surface area contributed by atoms with Gasteiger partial charge in [-0.15, -0.1) is 0 Å². The third kappa shape index (κ3) is 7.47. The van der Waals surface area contributed by atoms with E-state index in [1.165, 1.54) is 29.2 Å². The molecule has 0 aliphatic rings. The van der Waals surface area contributed by atoms with E-state index < -0.39 is 34.3 Å². The molecule has 0 aliphatic heterocycles. The normalized spacial score (nSPS) is 12.8. The number of amides is 2. The quantitative estimate of drug-likeness (QED) is 0.319. The van der Waals surface area contributed by atoms with Crippen molar-refractivity contribution in [2.45, 2.75) is 71.0 Å². The average molecular weight is 568 g/mol. The molecule has 0 heterocycles. The Balaban J connectivity index is 2.06. The van der Waals surface area contributed by atoms with E-state index in [0.29, 0.717) is 24.1 Å². The van der Waals surface area contributed by atoms with E-state index in [9.17, 15) is 22.4 Å². The molecule has 3 aromatic carbocycles. The first-order valence-electron chi connectivity index (χ1n) is 13.5. The monoisotopic (exact) mass is 567 g/mol. The van der Waals surface area contributed by atoms with Crippen molar-refractivity contribution in [2.75, 3.05) is 10.8 Å². The minimum absolute atomic E-state index is 0.0116. The van der Waals surface area contributed by atoms with Crippen LogP contribution >= 0.6 is 0 Å². The molecule has 1 N–H and O–H groups in total. The number of halogens is 1. The molecule has 2 amide bonds. The van der Waals surface area contributed by atoms with Crippen LogP contribution in [-0.2, 0) is 26.2 Å². The first-order chi connectivity index (χ1) is 19.0. The number of nitrogens with one attached hydrogen (secondary N) is 1. The lowest BCUT2D eigenvalue weighted by Crippen LogP contribution is -2.53. The highest BCUT2D eigenvalue weighted by Gasteiger charge is 2.34.